The monoisotopic (exact) mass is 580 g/mol. The van der Waals surface area contributed by atoms with Crippen molar-refractivity contribution >= 4 is 46.4 Å². The van der Waals surface area contributed by atoms with Gasteiger partial charge in [-0.2, -0.15) is 0 Å². The van der Waals surface area contributed by atoms with Gasteiger partial charge in [0.15, 0.2) is 18.2 Å². The molecule has 1 aliphatic heterocycles. The molecule has 1 amide bonds. The normalized spacial score (nSPS) is 20.3. The number of benzene rings is 2. The van der Waals surface area contributed by atoms with Crippen molar-refractivity contribution in [2.24, 2.45) is 10.8 Å². The SMILES string of the molecule is CN1C2=C(C(=O)CC(C)(C)C2)C(c2ccccc2OCC(=O)Nc2ccc(Cl)c(Cl)c2)C2=C1CC(C)(C)CC2=O. The zero-order valence-corrected chi connectivity index (χ0v) is 25.0. The van der Waals surface area contributed by atoms with Crippen LogP contribution in [0, 0.1) is 10.8 Å². The van der Waals surface area contributed by atoms with E-state index in [0.717, 1.165) is 29.8 Å². The number of ether oxygens (including phenoxy) is 1. The minimum Gasteiger partial charge on any atom is -0.483 e. The molecule has 0 saturated heterocycles. The molecule has 40 heavy (non-hydrogen) atoms. The number of nitrogens with one attached hydrogen (secondary N) is 1. The summed E-state index contributed by atoms with van der Waals surface area (Å²) in [5, 5.41) is 3.50. The van der Waals surface area contributed by atoms with Crippen LogP contribution in [0.15, 0.2) is 65.0 Å². The van der Waals surface area contributed by atoms with E-state index >= 15 is 0 Å². The predicted molar refractivity (Wildman–Crippen MR) is 158 cm³/mol. The molecular formula is C32H34Cl2N2O4. The Morgan fingerprint density at radius 1 is 0.900 bits per heavy atom. The number of carbonyl (C=O) groups is 3. The number of nitrogens with zero attached hydrogens (tertiary/aromatic N) is 1. The maximum absolute atomic E-state index is 13.8. The van der Waals surface area contributed by atoms with E-state index in [4.69, 9.17) is 27.9 Å². The van der Waals surface area contributed by atoms with Crippen molar-refractivity contribution < 1.29 is 19.1 Å². The summed E-state index contributed by atoms with van der Waals surface area (Å²) in [6, 6.07) is 12.2. The fraction of sp³-hybridized carbons (Fsp3) is 0.406. The summed E-state index contributed by atoms with van der Waals surface area (Å²) in [6.07, 6.45) is 2.30. The molecule has 1 N–H and O–H groups in total. The summed E-state index contributed by atoms with van der Waals surface area (Å²) in [6.45, 7) is 8.19. The van der Waals surface area contributed by atoms with Crippen LogP contribution in [0.2, 0.25) is 10.0 Å². The number of para-hydroxylation sites is 1. The van der Waals surface area contributed by atoms with Crippen LogP contribution in [-0.2, 0) is 14.4 Å². The molecule has 3 aliphatic rings. The minimum atomic E-state index is -0.539. The van der Waals surface area contributed by atoms with E-state index in [1.165, 1.54) is 0 Å². The van der Waals surface area contributed by atoms with Crippen LogP contribution >= 0.6 is 23.2 Å². The van der Waals surface area contributed by atoms with Crippen molar-refractivity contribution in [1.82, 2.24) is 4.90 Å². The first-order chi connectivity index (χ1) is 18.8. The number of allylic oxidation sites excluding steroid dienone is 4. The fourth-order valence-electron chi connectivity index (χ4n) is 6.24. The highest BCUT2D eigenvalue weighted by Crippen LogP contribution is 2.55. The third-order valence-electron chi connectivity index (χ3n) is 7.97. The van der Waals surface area contributed by atoms with Crippen molar-refractivity contribution in [3.63, 3.8) is 0 Å². The molecule has 0 fully saturated rings. The van der Waals surface area contributed by atoms with Crippen molar-refractivity contribution in [3.05, 3.63) is 80.6 Å². The summed E-state index contributed by atoms with van der Waals surface area (Å²) >= 11 is 12.1. The third-order valence-corrected chi connectivity index (χ3v) is 8.71. The first-order valence-electron chi connectivity index (χ1n) is 13.5. The molecule has 0 aromatic heterocycles. The molecule has 1 heterocycles. The average Bonchev–Trinajstić information content (AvgIpc) is 2.85. The third kappa shape index (κ3) is 5.44. The van der Waals surface area contributed by atoms with Gasteiger partial charge in [0.25, 0.3) is 5.91 Å². The molecular weight excluding hydrogens is 547 g/mol. The number of rotatable bonds is 5. The number of hydrogen-bond donors (Lipinski definition) is 1. The Hall–Kier alpha value is -3.09. The number of Topliss-reactive ketones (excluding diaryl/α,β-unsaturated/α-hetero) is 2. The number of anilines is 1. The molecule has 0 unspecified atom stereocenters. The van der Waals surface area contributed by atoms with Crippen molar-refractivity contribution in [1.29, 1.82) is 0 Å². The maximum Gasteiger partial charge on any atom is 0.262 e. The van der Waals surface area contributed by atoms with Crippen LogP contribution in [0.25, 0.3) is 0 Å². The summed E-state index contributed by atoms with van der Waals surface area (Å²) < 4.78 is 6.06. The van der Waals surface area contributed by atoms with E-state index < -0.39 is 5.92 Å². The van der Waals surface area contributed by atoms with Gasteiger partial charge >= 0.3 is 0 Å². The molecule has 6 nitrogen and oxygen atoms in total. The van der Waals surface area contributed by atoms with E-state index in [-0.39, 0.29) is 34.9 Å². The van der Waals surface area contributed by atoms with Crippen LogP contribution < -0.4 is 10.1 Å². The summed E-state index contributed by atoms with van der Waals surface area (Å²) in [5.74, 6) is -0.334. The zero-order valence-electron chi connectivity index (χ0n) is 23.5. The van der Waals surface area contributed by atoms with Crippen molar-refractivity contribution in [2.75, 3.05) is 19.0 Å². The molecule has 0 spiro atoms. The van der Waals surface area contributed by atoms with Gasteiger partial charge in [-0.15, -0.1) is 0 Å². The topological polar surface area (TPSA) is 75.7 Å². The van der Waals surface area contributed by atoms with Crippen molar-refractivity contribution in [3.8, 4) is 5.75 Å². The number of carbonyl (C=O) groups excluding carboxylic acids is 3. The van der Waals surface area contributed by atoms with Gasteiger partial charge < -0.3 is 15.0 Å². The molecule has 0 saturated carbocycles. The lowest BCUT2D eigenvalue weighted by Gasteiger charge is -2.48. The molecule has 5 rings (SSSR count). The van der Waals surface area contributed by atoms with E-state index in [0.29, 0.717) is 45.5 Å². The van der Waals surface area contributed by atoms with Gasteiger partial charge in [0, 0.05) is 59.6 Å². The van der Waals surface area contributed by atoms with E-state index in [9.17, 15) is 14.4 Å². The fourth-order valence-corrected chi connectivity index (χ4v) is 6.54. The molecule has 0 radical (unpaired) electrons. The van der Waals surface area contributed by atoms with Gasteiger partial charge in [-0.25, -0.2) is 0 Å². The highest BCUT2D eigenvalue weighted by atomic mass is 35.5. The number of amides is 1. The Bertz CT molecular complexity index is 1430. The highest BCUT2D eigenvalue weighted by Gasteiger charge is 2.48. The van der Waals surface area contributed by atoms with Gasteiger partial charge in [-0.05, 0) is 47.9 Å². The van der Waals surface area contributed by atoms with Crippen LogP contribution in [0.5, 0.6) is 5.75 Å². The minimum absolute atomic E-state index is 0.0550. The highest BCUT2D eigenvalue weighted by molar-refractivity contribution is 6.42. The van der Waals surface area contributed by atoms with Gasteiger partial charge in [0.05, 0.1) is 10.0 Å². The molecule has 2 aromatic rings. The Balaban J connectivity index is 1.52. The van der Waals surface area contributed by atoms with Crippen molar-refractivity contribution in [2.45, 2.75) is 59.3 Å². The first kappa shape index (κ1) is 28.4. The summed E-state index contributed by atoms with van der Waals surface area (Å²) in [7, 11) is 1.99. The average molecular weight is 582 g/mol. The van der Waals surface area contributed by atoms with Crippen LogP contribution in [0.3, 0.4) is 0 Å². The van der Waals surface area contributed by atoms with E-state index in [1.54, 1.807) is 24.3 Å². The largest absolute Gasteiger partial charge is 0.483 e. The van der Waals surface area contributed by atoms with E-state index in [2.05, 4.69) is 37.9 Å². The lowest BCUT2D eigenvalue weighted by molar-refractivity contribution is -0.120. The van der Waals surface area contributed by atoms with Gasteiger partial charge in [0.1, 0.15) is 5.75 Å². The summed E-state index contributed by atoms with van der Waals surface area (Å²) in [4.78, 5) is 42.4. The Kier molecular flexibility index (Phi) is 7.38. The zero-order chi connectivity index (χ0) is 29.0. The first-order valence-corrected chi connectivity index (χ1v) is 14.2. The quantitative estimate of drug-likeness (QED) is 0.400. The molecule has 0 bridgehead atoms. The smallest absolute Gasteiger partial charge is 0.262 e. The number of ketones is 2. The second-order valence-electron chi connectivity index (χ2n) is 12.6. The molecule has 8 heteroatoms. The molecule has 0 atom stereocenters. The Labute approximate surface area is 245 Å². The number of hydrogen-bond acceptors (Lipinski definition) is 5. The second-order valence-corrected chi connectivity index (χ2v) is 13.4. The molecule has 2 aromatic carbocycles. The maximum atomic E-state index is 13.8. The molecule has 210 valence electrons. The van der Waals surface area contributed by atoms with Gasteiger partial charge in [-0.3, -0.25) is 14.4 Å². The predicted octanol–water partition coefficient (Wildman–Crippen LogP) is 7.33. The second kappa shape index (κ2) is 10.4. The number of halogens is 2. The molecule has 2 aliphatic carbocycles. The van der Waals surface area contributed by atoms with Crippen LogP contribution in [0.1, 0.15) is 64.9 Å². The lowest BCUT2D eigenvalue weighted by atomic mass is 9.63. The van der Waals surface area contributed by atoms with E-state index in [1.807, 2.05) is 25.2 Å². The summed E-state index contributed by atoms with van der Waals surface area (Å²) in [5.41, 5.74) is 4.15. The Morgan fingerprint density at radius 2 is 1.48 bits per heavy atom. The standard InChI is InChI=1S/C32H34Cl2N2O4/c1-31(2)13-22-29(24(37)15-31)28(30-23(36(22)5)14-32(3,4)16-25(30)38)19-8-6-7-9-26(19)40-17-27(39)35-18-10-11-20(33)21(34)12-18/h6-12,28H,13-17H2,1-5H3,(H,35,39). The van der Waals surface area contributed by atoms with Gasteiger partial charge in [0.2, 0.25) is 0 Å². The van der Waals surface area contributed by atoms with Crippen LogP contribution in [0.4, 0.5) is 5.69 Å². The lowest BCUT2D eigenvalue weighted by Crippen LogP contribution is -2.43. The van der Waals surface area contributed by atoms with Gasteiger partial charge in [-0.1, -0.05) is 69.1 Å². The Morgan fingerprint density at radius 3 is 2.05 bits per heavy atom. The van der Waals surface area contributed by atoms with Crippen LogP contribution in [-0.4, -0.2) is 36.0 Å².